The highest BCUT2D eigenvalue weighted by atomic mass is 32.2. The van der Waals surface area contributed by atoms with E-state index in [4.69, 9.17) is 4.98 Å². The van der Waals surface area contributed by atoms with E-state index in [0.29, 0.717) is 40.1 Å². The second-order valence-electron chi connectivity index (χ2n) is 8.69. The van der Waals surface area contributed by atoms with Gasteiger partial charge in [-0.05, 0) is 61.1 Å². The van der Waals surface area contributed by atoms with Crippen LogP contribution in [0.2, 0.25) is 0 Å². The van der Waals surface area contributed by atoms with Crippen molar-refractivity contribution in [3.63, 3.8) is 0 Å². The van der Waals surface area contributed by atoms with Crippen molar-refractivity contribution in [2.24, 2.45) is 0 Å². The quantitative estimate of drug-likeness (QED) is 0.191. The molecule has 0 unspecified atom stereocenters. The molecule has 0 amide bonds. The summed E-state index contributed by atoms with van der Waals surface area (Å²) < 4.78 is 67.4. The third-order valence-electron chi connectivity index (χ3n) is 6.03. The van der Waals surface area contributed by atoms with E-state index in [-0.39, 0.29) is 10.6 Å². The lowest BCUT2D eigenvalue weighted by Gasteiger charge is -2.15. The van der Waals surface area contributed by atoms with Gasteiger partial charge >= 0.3 is 6.18 Å². The van der Waals surface area contributed by atoms with Gasteiger partial charge in [0, 0.05) is 16.2 Å². The van der Waals surface area contributed by atoms with Gasteiger partial charge in [0.15, 0.2) is 9.84 Å². The van der Waals surface area contributed by atoms with Crippen molar-refractivity contribution in [2.45, 2.75) is 50.6 Å². The summed E-state index contributed by atoms with van der Waals surface area (Å²) >= 11 is 0. The molecule has 0 bridgehead atoms. The van der Waals surface area contributed by atoms with E-state index in [1.165, 1.54) is 11.5 Å². The Balaban J connectivity index is 2.00. The van der Waals surface area contributed by atoms with Crippen LogP contribution in [0.5, 0.6) is 0 Å². The second-order valence-corrected chi connectivity index (χ2v) is 10.5. The van der Waals surface area contributed by atoms with E-state index >= 15 is 0 Å². The number of fused-ring (bicyclic) bond motifs is 3. The number of benzene rings is 3. The predicted molar refractivity (Wildman–Crippen MR) is 135 cm³/mol. The first kappa shape index (κ1) is 24.9. The molecule has 35 heavy (non-hydrogen) atoms. The summed E-state index contributed by atoms with van der Waals surface area (Å²) in [5.74, 6) is 0. The molecule has 0 fully saturated rings. The number of para-hydroxylation sites is 1. The standard InChI is InChI=1S/C28H26F3NO2S/c1-3-4-5-8-20(18-35(33,34)22-14-11-19(2)12-15-22)27-25-17-21(28(29,30)31)13-16-23(25)24-9-6-7-10-26(24)32-27/h6-7,9-18H,3-5,8H2,1-2H3/b20-18+. The SMILES string of the molecule is CCCCC/C(=C\S(=O)(=O)c1ccc(C)cc1)c1nc2ccccc2c2ccc(C(F)(F)F)cc12. The van der Waals surface area contributed by atoms with Gasteiger partial charge in [-0.15, -0.1) is 0 Å². The number of sulfone groups is 1. The Kier molecular flexibility index (Phi) is 6.99. The highest BCUT2D eigenvalue weighted by Gasteiger charge is 2.31. The predicted octanol–water partition coefficient (Wildman–Crippen LogP) is 8.11. The fraction of sp³-hybridized carbons (Fsp3) is 0.250. The van der Waals surface area contributed by atoms with Crippen LogP contribution in [0, 0.1) is 6.92 Å². The van der Waals surface area contributed by atoms with Crippen molar-refractivity contribution in [3.05, 3.63) is 89.0 Å². The highest BCUT2D eigenvalue weighted by molar-refractivity contribution is 7.94. The lowest BCUT2D eigenvalue weighted by molar-refractivity contribution is -0.137. The number of pyridine rings is 1. The number of hydrogen-bond donors (Lipinski definition) is 0. The van der Waals surface area contributed by atoms with E-state index in [9.17, 15) is 21.6 Å². The molecular weight excluding hydrogens is 471 g/mol. The molecule has 0 aliphatic heterocycles. The van der Waals surface area contributed by atoms with Crippen molar-refractivity contribution in [1.82, 2.24) is 4.98 Å². The first-order chi connectivity index (χ1) is 16.6. The van der Waals surface area contributed by atoms with Crippen LogP contribution < -0.4 is 0 Å². The van der Waals surface area contributed by atoms with Gasteiger partial charge in [0.1, 0.15) is 0 Å². The molecule has 3 aromatic carbocycles. The molecule has 0 aliphatic carbocycles. The number of hydrogen-bond acceptors (Lipinski definition) is 3. The number of unbranched alkanes of at least 4 members (excludes halogenated alkanes) is 2. The monoisotopic (exact) mass is 497 g/mol. The Labute approximate surface area is 203 Å². The molecule has 0 N–H and O–H groups in total. The van der Waals surface area contributed by atoms with Crippen molar-refractivity contribution < 1.29 is 21.6 Å². The lowest BCUT2D eigenvalue weighted by Crippen LogP contribution is -2.06. The Hall–Kier alpha value is -3.19. The van der Waals surface area contributed by atoms with Gasteiger partial charge in [-0.1, -0.05) is 61.7 Å². The molecule has 0 saturated carbocycles. The van der Waals surface area contributed by atoms with Gasteiger partial charge in [-0.3, -0.25) is 0 Å². The lowest BCUT2D eigenvalue weighted by atomic mass is 9.96. The summed E-state index contributed by atoms with van der Waals surface area (Å²) in [5, 5.41) is 2.80. The fourth-order valence-electron chi connectivity index (χ4n) is 4.16. The number of aromatic nitrogens is 1. The summed E-state index contributed by atoms with van der Waals surface area (Å²) in [5.41, 5.74) is 1.42. The zero-order valence-electron chi connectivity index (χ0n) is 19.6. The molecule has 7 heteroatoms. The minimum atomic E-state index is -4.53. The summed E-state index contributed by atoms with van der Waals surface area (Å²) in [6.07, 6.45) is -1.67. The Bertz CT molecular complexity index is 1510. The van der Waals surface area contributed by atoms with E-state index in [2.05, 4.69) is 0 Å². The van der Waals surface area contributed by atoms with Gasteiger partial charge in [0.25, 0.3) is 0 Å². The average molecular weight is 498 g/mol. The summed E-state index contributed by atoms with van der Waals surface area (Å²) in [6, 6.07) is 17.3. The molecule has 0 saturated heterocycles. The van der Waals surface area contributed by atoms with Crippen LogP contribution in [0.1, 0.15) is 49.4 Å². The van der Waals surface area contributed by atoms with E-state index < -0.39 is 21.6 Å². The molecule has 1 heterocycles. The number of halogens is 3. The molecule has 3 nitrogen and oxygen atoms in total. The Morgan fingerprint density at radius 1 is 0.914 bits per heavy atom. The molecule has 4 rings (SSSR count). The average Bonchev–Trinajstić information content (AvgIpc) is 2.82. The molecule has 1 aromatic heterocycles. The second kappa shape index (κ2) is 9.82. The van der Waals surface area contributed by atoms with Crippen LogP contribution in [-0.2, 0) is 16.0 Å². The van der Waals surface area contributed by atoms with Crippen LogP contribution >= 0.6 is 0 Å². The normalized spacial score (nSPS) is 13.0. The Morgan fingerprint density at radius 3 is 2.31 bits per heavy atom. The van der Waals surface area contributed by atoms with Gasteiger partial charge in [0.05, 0.1) is 21.7 Å². The maximum atomic E-state index is 13.6. The number of allylic oxidation sites excluding steroid dienone is 1. The fourth-order valence-corrected chi connectivity index (χ4v) is 5.41. The molecule has 0 spiro atoms. The van der Waals surface area contributed by atoms with Crippen LogP contribution in [-0.4, -0.2) is 13.4 Å². The smallest absolute Gasteiger partial charge is 0.247 e. The zero-order chi connectivity index (χ0) is 25.2. The van der Waals surface area contributed by atoms with Gasteiger partial charge in [-0.25, -0.2) is 13.4 Å². The maximum Gasteiger partial charge on any atom is 0.416 e. The van der Waals surface area contributed by atoms with Crippen LogP contribution in [0.15, 0.2) is 77.0 Å². The third-order valence-corrected chi connectivity index (χ3v) is 7.55. The summed E-state index contributed by atoms with van der Waals surface area (Å²) in [4.78, 5) is 4.83. The van der Waals surface area contributed by atoms with Crippen molar-refractivity contribution in [3.8, 4) is 0 Å². The zero-order valence-corrected chi connectivity index (χ0v) is 20.4. The van der Waals surface area contributed by atoms with Crippen LogP contribution in [0.3, 0.4) is 0 Å². The maximum absolute atomic E-state index is 13.6. The summed E-state index contributed by atoms with van der Waals surface area (Å²) in [7, 11) is -3.85. The van der Waals surface area contributed by atoms with Crippen molar-refractivity contribution >= 4 is 37.1 Å². The molecule has 0 radical (unpaired) electrons. The van der Waals surface area contributed by atoms with Crippen molar-refractivity contribution in [1.29, 1.82) is 0 Å². The van der Waals surface area contributed by atoms with E-state index in [1.807, 2.05) is 19.9 Å². The first-order valence-corrected chi connectivity index (χ1v) is 13.1. The topological polar surface area (TPSA) is 47.0 Å². The van der Waals surface area contributed by atoms with E-state index in [1.54, 1.807) is 42.5 Å². The highest BCUT2D eigenvalue weighted by Crippen LogP contribution is 2.37. The molecular formula is C28H26F3NO2S. The number of alkyl halides is 3. The number of nitrogens with zero attached hydrogens (tertiary/aromatic N) is 1. The molecule has 0 aliphatic rings. The molecule has 0 atom stereocenters. The summed E-state index contributed by atoms with van der Waals surface area (Å²) in [6.45, 7) is 3.90. The largest absolute Gasteiger partial charge is 0.416 e. The van der Waals surface area contributed by atoms with E-state index in [0.717, 1.165) is 30.5 Å². The number of aryl methyl sites for hydroxylation is 1. The van der Waals surface area contributed by atoms with Gasteiger partial charge in [-0.2, -0.15) is 13.2 Å². The number of rotatable bonds is 7. The van der Waals surface area contributed by atoms with Crippen LogP contribution in [0.4, 0.5) is 13.2 Å². The van der Waals surface area contributed by atoms with Gasteiger partial charge < -0.3 is 0 Å². The van der Waals surface area contributed by atoms with Crippen LogP contribution in [0.25, 0.3) is 27.2 Å². The minimum Gasteiger partial charge on any atom is -0.247 e. The molecule has 4 aromatic rings. The Morgan fingerprint density at radius 2 is 1.63 bits per heavy atom. The minimum absolute atomic E-state index is 0.136. The molecule has 182 valence electrons. The van der Waals surface area contributed by atoms with Gasteiger partial charge in [0.2, 0.25) is 0 Å². The van der Waals surface area contributed by atoms with Crippen molar-refractivity contribution in [2.75, 3.05) is 0 Å². The third kappa shape index (κ3) is 5.40. The first-order valence-electron chi connectivity index (χ1n) is 11.5.